The van der Waals surface area contributed by atoms with E-state index in [0.717, 1.165) is 27.2 Å². The standard InChI is InChI=1S/C23H19N5OS/c1-14-8-10-15(11-9-14)28-21(24)19(23(29)25-13-16-5-4-12-30-16)20-22(28)27-18-7-3-2-6-17(18)26-20/h2-12H,13,24H2,1H3,(H,25,29). The lowest BCUT2D eigenvalue weighted by molar-refractivity contribution is 0.0953. The van der Waals surface area contributed by atoms with Crippen molar-refractivity contribution in [2.75, 3.05) is 5.73 Å². The van der Waals surface area contributed by atoms with Crippen molar-refractivity contribution in [3.63, 3.8) is 0 Å². The minimum absolute atomic E-state index is 0.263. The normalized spacial score (nSPS) is 11.2. The van der Waals surface area contributed by atoms with E-state index in [9.17, 15) is 4.79 Å². The monoisotopic (exact) mass is 413 g/mol. The van der Waals surface area contributed by atoms with Gasteiger partial charge in [0.2, 0.25) is 0 Å². The molecule has 0 radical (unpaired) electrons. The van der Waals surface area contributed by atoms with Gasteiger partial charge in [-0.3, -0.25) is 9.36 Å². The highest BCUT2D eigenvalue weighted by Crippen LogP contribution is 2.31. The van der Waals surface area contributed by atoms with Crippen molar-refractivity contribution >= 4 is 45.3 Å². The van der Waals surface area contributed by atoms with Gasteiger partial charge in [0.1, 0.15) is 16.9 Å². The molecule has 6 nitrogen and oxygen atoms in total. The molecule has 3 heterocycles. The number of para-hydroxylation sites is 2. The van der Waals surface area contributed by atoms with Crippen LogP contribution in [-0.2, 0) is 6.54 Å². The van der Waals surface area contributed by atoms with Crippen molar-refractivity contribution in [2.45, 2.75) is 13.5 Å². The molecule has 5 aromatic rings. The van der Waals surface area contributed by atoms with Crippen LogP contribution in [0.15, 0.2) is 66.0 Å². The number of hydrogen-bond donors (Lipinski definition) is 2. The van der Waals surface area contributed by atoms with Crippen LogP contribution in [0.4, 0.5) is 5.82 Å². The Hall–Kier alpha value is -3.71. The zero-order valence-electron chi connectivity index (χ0n) is 16.3. The molecule has 7 heteroatoms. The van der Waals surface area contributed by atoms with Gasteiger partial charge in [-0.2, -0.15) is 0 Å². The first-order chi connectivity index (χ1) is 14.6. The Balaban J connectivity index is 1.70. The Morgan fingerprint density at radius 3 is 2.47 bits per heavy atom. The third-order valence-electron chi connectivity index (χ3n) is 5.02. The van der Waals surface area contributed by atoms with Crippen LogP contribution >= 0.6 is 11.3 Å². The summed E-state index contributed by atoms with van der Waals surface area (Å²) in [6, 6.07) is 19.5. The molecule has 30 heavy (non-hydrogen) atoms. The predicted molar refractivity (Wildman–Crippen MR) is 121 cm³/mol. The fraction of sp³-hybridized carbons (Fsp3) is 0.0870. The van der Waals surface area contributed by atoms with Gasteiger partial charge in [-0.05, 0) is 42.6 Å². The first-order valence-corrected chi connectivity index (χ1v) is 10.4. The Kier molecular flexibility index (Phi) is 4.44. The summed E-state index contributed by atoms with van der Waals surface area (Å²) in [6.45, 7) is 2.46. The van der Waals surface area contributed by atoms with E-state index in [4.69, 9.17) is 15.7 Å². The maximum absolute atomic E-state index is 13.1. The minimum atomic E-state index is -0.263. The molecular formula is C23H19N5OS. The van der Waals surface area contributed by atoms with Crippen molar-refractivity contribution in [3.05, 3.63) is 82.0 Å². The Morgan fingerprint density at radius 2 is 1.77 bits per heavy atom. The highest BCUT2D eigenvalue weighted by Gasteiger charge is 2.24. The van der Waals surface area contributed by atoms with Crippen molar-refractivity contribution in [1.82, 2.24) is 19.9 Å². The number of fused-ring (bicyclic) bond motifs is 2. The molecule has 0 bridgehead atoms. The molecule has 0 atom stereocenters. The number of nitrogens with one attached hydrogen (secondary N) is 1. The first kappa shape index (κ1) is 18.3. The molecule has 148 valence electrons. The van der Waals surface area contributed by atoms with Crippen molar-refractivity contribution in [1.29, 1.82) is 0 Å². The minimum Gasteiger partial charge on any atom is -0.384 e. The molecule has 0 saturated heterocycles. The average Bonchev–Trinajstić information content (AvgIpc) is 3.37. The van der Waals surface area contributed by atoms with Crippen LogP contribution < -0.4 is 11.1 Å². The van der Waals surface area contributed by atoms with E-state index in [0.29, 0.717) is 29.1 Å². The molecule has 0 fully saturated rings. The van der Waals surface area contributed by atoms with Crippen LogP contribution in [0, 0.1) is 6.92 Å². The first-order valence-electron chi connectivity index (χ1n) is 9.56. The number of carbonyl (C=O) groups is 1. The van der Waals surface area contributed by atoms with Crippen LogP contribution in [0.5, 0.6) is 0 Å². The second-order valence-corrected chi connectivity index (χ2v) is 8.11. The van der Waals surface area contributed by atoms with Crippen LogP contribution in [0.2, 0.25) is 0 Å². The van der Waals surface area contributed by atoms with Gasteiger partial charge >= 0.3 is 0 Å². The Bertz CT molecular complexity index is 1370. The molecule has 0 saturated carbocycles. The Labute approximate surface area is 177 Å². The van der Waals surface area contributed by atoms with Crippen molar-refractivity contribution < 1.29 is 4.79 Å². The Morgan fingerprint density at radius 1 is 1.03 bits per heavy atom. The van der Waals surface area contributed by atoms with E-state index in [-0.39, 0.29) is 5.91 Å². The lowest BCUT2D eigenvalue weighted by Gasteiger charge is -2.08. The molecule has 0 aliphatic rings. The predicted octanol–water partition coefficient (Wildman–Crippen LogP) is 4.46. The third-order valence-corrected chi connectivity index (χ3v) is 5.90. The largest absolute Gasteiger partial charge is 0.384 e. The van der Waals surface area contributed by atoms with E-state index in [2.05, 4.69) is 5.32 Å². The number of hydrogen-bond acceptors (Lipinski definition) is 5. The van der Waals surface area contributed by atoms with Gasteiger partial charge in [0.15, 0.2) is 5.65 Å². The number of aryl methyl sites for hydroxylation is 1. The van der Waals surface area contributed by atoms with Gasteiger partial charge in [0.05, 0.1) is 17.6 Å². The summed E-state index contributed by atoms with van der Waals surface area (Å²) < 4.78 is 1.80. The highest BCUT2D eigenvalue weighted by molar-refractivity contribution is 7.09. The van der Waals surface area contributed by atoms with Gasteiger partial charge in [0.25, 0.3) is 5.91 Å². The topological polar surface area (TPSA) is 85.8 Å². The molecule has 0 unspecified atom stereocenters. The summed E-state index contributed by atoms with van der Waals surface area (Å²) in [5.41, 5.74) is 11.4. The molecule has 5 rings (SSSR count). The number of rotatable bonds is 4. The SMILES string of the molecule is Cc1ccc(-n2c(N)c(C(=O)NCc3cccs3)c3nc4ccccc4nc32)cc1. The van der Waals surface area contributed by atoms with Crippen LogP contribution in [0.25, 0.3) is 27.9 Å². The maximum Gasteiger partial charge on any atom is 0.257 e. The summed E-state index contributed by atoms with van der Waals surface area (Å²) >= 11 is 1.59. The maximum atomic E-state index is 13.1. The second-order valence-electron chi connectivity index (χ2n) is 7.08. The molecule has 0 aliphatic heterocycles. The summed E-state index contributed by atoms with van der Waals surface area (Å²) in [7, 11) is 0. The van der Waals surface area contributed by atoms with Gasteiger partial charge in [-0.15, -0.1) is 11.3 Å². The number of amides is 1. The number of aromatic nitrogens is 3. The zero-order valence-corrected chi connectivity index (χ0v) is 17.1. The molecule has 2 aromatic carbocycles. The molecule has 0 spiro atoms. The fourth-order valence-electron chi connectivity index (χ4n) is 3.51. The molecule has 3 aromatic heterocycles. The van der Waals surface area contributed by atoms with Gasteiger partial charge in [-0.25, -0.2) is 9.97 Å². The second kappa shape index (κ2) is 7.27. The number of nitrogen functional groups attached to an aromatic ring is 1. The van der Waals surface area contributed by atoms with Crippen molar-refractivity contribution in [3.8, 4) is 5.69 Å². The summed E-state index contributed by atoms with van der Waals surface area (Å²) in [5, 5.41) is 4.95. The smallest absolute Gasteiger partial charge is 0.257 e. The van der Waals surface area contributed by atoms with Crippen LogP contribution in [-0.4, -0.2) is 20.4 Å². The zero-order chi connectivity index (χ0) is 20.7. The summed E-state index contributed by atoms with van der Waals surface area (Å²) in [4.78, 5) is 23.8. The summed E-state index contributed by atoms with van der Waals surface area (Å²) in [5.74, 6) is 0.0641. The molecular weight excluding hydrogens is 394 g/mol. The highest BCUT2D eigenvalue weighted by atomic mass is 32.1. The van der Waals surface area contributed by atoms with E-state index < -0.39 is 0 Å². The molecule has 1 amide bonds. The van der Waals surface area contributed by atoms with Crippen LogP contribution in [0.3, 0.4) is 0 Å². The molecule has 3 N–H and O–H groups in total. The number of anilines is 1. The number of carbonyl (C=O) groups excluding carboxylic acids is 1. The van der Waals surface area contributed by atoms with Gasteiger partial charge in [-0.1, -0.05) is 35.9 Å². The van der Waals surface area contributed by atoms with E-state index in [1.807, 2.05) is 73.0 Å². The van der Waals surface area contributed by atoms with E-state index in [1.165, 1.54) is 0 Å². The summed E-state index contributed by atoms with van der Waals surface area (Å²) in [6.07, 6.45) is 0. The third kappa shape index (κ3) is 3.09. The number of benzene rings is 2. The average molecular weight is 414 g/mol. The lowest BCUT2D eigenvalue weighted by atomic mass is 10.2. The lowest BCUT2D eigenvalue weighted by Crippen LogP contribution is -2.23. The van der Waals surface area contributed by atoms with E-state index in [1.54, 1.807) is 15.9 Å². The fourth-order valence-corrected chi connectivity index (χ4v) is 4.15. The van der Waals surface area contributed by atoms with Gasteiger partial charge in [0, 0.05) is 10.6 Å². The number of thiophene rings is 1. The molecule has 0 aliphatic carbocycles. The van der Waals surface area contributed by atoms with Crippen molar-refractivity contribution in [2.24, 2.45) is 0 Å². The quantitative estimate of drug-likeness (QED) is 0.456. The van der Waals surface area contributed by atoms with Gasteiger partial charge < -0.3 is 11.1 Å². The number of nitrogens with zero attached hydrogens (tertiary/aromatic N) is 3. The van der Waals surface area contributed by atoms with E-state index >= 15 is 0 Å². The van der Waals surface area contributed by atoms with Crippen LogP contribution in [0.1, 0.15) is 20.8 Å². The number of nitrogens with two attached hydrogens (primary N) is 1.